The summed E-state index contributed by atoms with van der Waals surface area (Å²) in [7, 11) is 1.67. The Balaban J connectivity index is 2.00. The van der Waals surface area contributed by atoms with E-state index in [9.17, 15) is 4.39 Å². The third-order valence-corrected chi connectivity index (χ3v) is 3.10. The van der Waals surface area contributed by atoms with Crippen LogP contribution in [0.25, 0.3) is 0 Å². The molecule has 0 atom stereocenters. The SMILES string of the molecule is COCCc1ccc(OCc2cc(F)ccc2C#N)cc1. The highest BCUT2D eigenvalue weighted by Gasteiger charge is 2.05. The van der Waals surface area contributed by atoms with E-state index in [2.05, 4.69) is 0 Å². The van der Waals surface area contributed by atoms with Crippen LogP contribution < -0.4 is 4.74 Å². The van der Waals surface area contributed by atoms with Gasteiger partial charge in [0.05, 0.1) is 18.2 Å². The van der Waals surface area contributed by atoms with Crippen LogP contribution in [0.3, 0.4) is 0 Å². The summed E-state index contributed by atoms with van der Waals surface area (Å²) in [4.78, 5) is 0. The van der Waals surface area contributed by atoms with Crippen molar-refractivity contribution in [3.63, 3.8) is 0 Å². The summed E-state index contributed by atoms with van der Waals surface area (Å²) in [5.41, 5.74) is 2.13. The molecule has 2 aromatic carbocycles. The predicted octanol–water partition coefficient (Wildman–Crippen LogP) is 3.47. The Bertz CT molecular complexity index is 632. The first-order valence-electron chi connectivity index (χ1n) is 6.62. The van der Waals surface area contributed by atoms with Gasteiger partial charge in [-0.05, 0) is 42.3 Å². The number of benzene rings is 2. The van der Waals surface area contributed by atoms with Crippen LogP contribution in [0.2, 0.25) is 0 Å². The molecular weight excluding hydrogens is 269 g/mol. The van der Waals surface area contributed by atoms with Gasteiger partial charge in [-0.15, -0.1) is 0 Å². The fourth-order valence-electron chi connectivity index (χ4n) is 1.92. The molecule has 3 nitrogen and oxygen atoms in total. The number of nitriles is 1. The molecule has 0 aliphatic heterocycles. The Morgan fingerprint density at radius 2 is 1.90 bits per heavy atom. The molecule has 0 aliphatic carbocycles. The molecule has 0 N–H and O–H groups in total. The van der Waals surface area contributed by atoms with Gasteiger partial charge < -0.3 is 9.47 Å². The van der Waals surface area contributed by atoms with Gasteiger partial charge in [-0.2, -0.15) is 5.26 Å². The van der Waals surface area contributed by atoms with E-state index in [0.717, 1.165) is 12.0 Å². The van der Waals surface area contributed by atoms with Crippen molar-refractivity contribution in [2.45, 2.75) is 13.0 Å². The number of halogens is 1. The molecule has 108 valence electrons. The third-order valence-electron chi connectivity index (χ3n) is 3.10. The van der Waals surface area contributed by atoms with E-state index in [1.54, 1.807) is 7.11 Å². The minimum atomic E-state index is -0.373. The highest BCUT2D eigenvalue weighted by molar-refractivity contribution is 5.38. The van der Waals surface area contributed by atoms with Crippen molar-refractivity contribution in [2.24, 2.45) is 0 Å². The van der Waals surface area contributed by atoms with Gasteiger partial charge in [0.15, 0.2) is 0 Å². The lowest BCUT2D eigenvalue weighted by Gasteiger charge is -2.08. The van der Waals surface area contributed by atoms with Gasteiger partial charge in [-0.25, -0.2) is 4.39 Å². The Kier molecular flexibility index (Phi) is 5.30. The van der Waals surface area contributed by atoms with Crippen molar-refractivity contribution in [2.75, 3.05) is 13.7 Å². The number of hydrogen-bond donors (Lipinski definition) is 0. The van der Waals surface area contributed by atoms with E-state index in [1.807, 2.05) is 30.3 Å². The average molecular weight is 285 g/mol. The second-order valence-electron chi connectivity index (χ2n) is 4.59. The summed E-state index contributed by atoms with van der Waals surface area (Å²) in [6.07, 6.45) is 0.846. The highest BCUT2D eigenvalue weighted by Crippen LogP contribution is 2.17. The predicted molar refractivity (Wildman–Crippen MR) is 77.5 cm³/mol. The molecule has 0 unspecified atom stereocenters. The van der Waals surface area contributed by atoms with Crippen molar-refractivity contribution in [1.29, 1.82) is 5.26 Å². The van der Waals surface area contributed by atoms with Crippen LogP contribution in [-0.4, -0.2) is 13.7 Å². The Morgan fingerprint density at radius 3 is 2.57 bits per heavy atom. The molecule has 0 bridgehead atoms. The summed E-state index contributed by atoms with van der Waals surface area (Å²) in [6, 6.07) is 13.7. The van der Waals surface area contributed by atoms with Crippen molar-refractivity contribution in [3.05, 3.63) is 65.0 Å². The van der Waals surface area contributed by atoms with Gasteiger partial charge in [-0.3, -0.25) is 0 Å². The number of rotatable bonds is 6. The van der Waals surface area contributed by atoms with E-state index in [1.165, 1.54) is 18.2 Å². The summed E-state index contributed by atoms with van der Waals surface area (Å²) in [6.45, 7) is 0.840. The van der Waals surface area contributed by atoms with Crippen LogP contribution in [0.5, 0.6) is 5.75 Å². The first kappa shape index (κ1) is 15.0. The molecule has 0 aromatic heterocycles. The molecule has 0 saturated heterocycles. The van der Waals surface area contributed by atoms with E-state index in [4.69, 9.17) is 14.7 Å². The first-order valence-corrected chi connectivity index (χ1v) is 6.62. The summed E-state index contributed by atoms with van der Waals surface area (Å²) in [5, 5.41) is 8.99. The molecule has 0 amide bonds. The molecule has 21 heavy (non-hydrogen) atoms. The summed E-state index contributed by atoms with van der Waals surface area (Å²) >= 11 is 0. The lowest BCUT2D eigenvalue weighted by Crippen LogP contribution is -2.00. The van der Waals surface area contributed by atoms with Gasteiger partial charge in [0.2, 0.25) is 0 Å². The smallest absolute Gasteiger partial charge is 0.123 e. The largest absolute Gasteiger partial charge is 0.489 e. The van der Waals surface area contributed by atoms with Crippen molar-refractivity contribution >= 4 is 0 Å². The molecular formula is C17H16FNO2. The molecule has 4 heteroatoms. The maximum Gasteiger partial charge on any atom is 0.123 e. The van der Waals surface area contributed by atoms with Crippen molar-refractivity contribution in [3.8, 4) is 11.8 Å². The summed E-state index contributed by atoms with van der Waals surface area (Å²) in [5.74, 6) is 0.312. The van der Waals surface area contributed by atoms with Crippen LogP contribution in [0, 0.1) is 17.1 Å². The lowest BCUT2D eigenvalue weighted by molar-refractivity contribution is 0.202. The quantitative estimate of drug-likeness (QED) is 0.816. The van der Waals surface area contributed by atoms with Crippen LogP contribution in [0.1, 0.15) is 16.7 Å². The second kappa shape index (κ2) is 7.41. The van der Waals surface area contributed by atoms with Gasteiger partial charge in [0.1, 0.15) is 18.2 Å². The van der Waals surface area contributed by atoms with E-state index in [-0.39, 0.29) is 12.4 Å². The molecule has 0 saturated carbocycles. The van der Waals surface area contributed by atoms with E-state index < -0.39 is 0 Å². The average Bonchev–Trinajstić information content (AvgIpc) is 2.52. The molecule has 0 spiro atoms. The molecule has 2 aromatic rings. The molecule has 0 heterocycles. The monoisotopic (exact) mass is 285 g/mol. The fraction of sp³-hybridized carbons (Fsp3) is 0.235. The van der Waals surface area contributed by atoms with Gasteiger partial charge >= 0.3 is 0 Å². The van der Waals surface area contributed by atoms with E-state index >= 15 is 0 Å². The zero-order valence-electron chi connectivity index (χ0n) is 11.8. The Morgan fingerprint density at radius 1 is 1.14 bits per heavy atom. The minimum absolute atomic E-state index is 0.165. The first-order chi connectivity index (χ1) is 10.2. The fourth-order valence-corrected chi connectivity index (χ4v) is 1.92. The normalized spacial score (nSPS) is 10.1. The van der Waals surface area contributed by atoms with Gasteiger partial charge in [0.25, 0.3) is 0 Å². The van der Waals surface area contributed by atoms with Crippen LogP contribution >= 0.6 is 0 Å². The topological polar surface area (TPSA) is 42.2 Å². The molecule has 0 aliphatic rings. The second-order valence-corrected chi connectivity index (χ2v) is 4.59. The summed E-state index contributed by atoms with van der Waals surface area (Å²) < 4.78 is 23.8. The number of nitrogens with zero attached hydrogens (tertiary/aromatic N) is 1. The standard InChI is InChI=1S/C17H16FNO2/c1-20-9-8-13-2-6-17(7-3-13)21-12-15-10-16(18)5-4-14(15)11-19/h2-7,10H,8-9,12H2,1H3. The lowest BCUT2D eigenvalue weighted by atomic mass is 10.1. The number of methoxy groups -OCH3 is 1. The molecule has 0 radical (unpaired) electrons. The van der Waals surface area contributed by atoms with Crippen LogP contribution in [0.15, 0.2) is 42.5 Å². The maximum atomic E-state index is 13.2. The van der Waals surface area contributed by atoms with Crippen LogP contribution in [0.4, 0.5) is 4.39 Å². The third kappa shape index (κ3) is 4.30. The maximum absolute atomic E-state index is 13.2. The number of ether oxygens (including phenoxy) is 2. The number of hydrogen-bond acceptors (Lipinski definition) is 3. The Labute approximate surface area is 123 Å². The van der Waals surface area contributed by atoms with Gasteiger partial charge in [0, 0.05) is 12.7 Å². The highest BCUT2D eigenvalue weighted by atomic mass is 19.1. The van der Waals surface area contributed by atoms with Crippen molar-refractivity contribution in [1.82, 2.24) is 0 Å². The molecule has 0 fully saturated rings. The van der Waals surface area contributed by atoms with Gasteiger partial charge in [-0.1, -0.05) is 12.1 Å². The molecule has 2 rings (SSSR count). The van der Waals surface area contributed by atoms with E-state index in [0.29, 0.717) is 23.5 Å². The zero-order valence-corrected chi connectivity index (χ0v) is 11.8. The zero-order chi connectivity index (χ0) is 15.1. The minimum Gasteiger partial charge on any atom is -0.489 e. The van der Waals surface area contributed by atoms with Crippen molar-refractivity contribution < 1.29 is 13.9 Å². The van der Waals surface area contributed by atoms with Crippen LogP contribution in [-0.2, 0) is 17.8 Å². The Hall–Kier alpha value is -2.38.